The maximum Gasteiger partial charge on any atom is 0.293 e. The van der Waals surface area contributed by atoms with E-state index < -0.39 is 5.91 Å². The average molecular weight is 363 g/mol. The molecular weight excluding hydrogens is 342 g/mol. The number of nitrogens with two attached hydrogens (primary N) is 1. The first-order valence-electron chi connectivity index (χ1n) is 9.00. The van der Waals surface area contributed by atoms with Crippen LogP contribution in [0, 0.1) is 17.8 Å². The molecule has 0 unspecified atom stereocenters. The molecule has 1 aliphatic rings. The Bertz CT molecular complexity index is 1040. The van der Waals surface area contributed by atoms with Crippen molar-refractivity contribution in [2.75, 3.05) is 0 Å². The van der Waals surface area contributed by atoms with Crippen LogP contribution in [0.15, 0.2) is 36.9 Å². The topological polar surface area (TPSA) is 87.4 Å². The zero-order valence-corrected chi connectivity index (χ0v) is 15.1. The first-order chi connectivity index (χ1) is 13.1. The van der Waals surface area contributed by atoms with Gasteiger partial charge in [-0.05, 0) is 43.2 Å². The van der Waals surface area contributed by atoms with Gasteiger partial charge in [-0.1, -0.05) is 5.92 Å². The number of primary amides is 1. The highest BCUT2D eigenvalue weighted by molar-refractivity contribution is 5.91. The molecule has 138 valence electrons. The van der Waals surface area contributed by atoms with Gasteiger partial charge < -0.3 is 10.5 Å². The van der Waals surface area contributed by atoms with E-state index in [2.05, 4.69) is 22.0 Å². The Balaban J connectivity index is 1.53. The van der Waals surface area contributed by atoms with Crippen LogP contribution in [0.4, 0.5) is 0 Å². The number of ether oxygens (including phenoxy) is 1. The second kappa shape index (κ2) is 7.16. The van der Waals surface area contributed by atoms with Gasteiger partial charge in [0.05, 0.1) is 18.5 Å². The van der Waals surface area contributed by atoms with Crippen LogP contribution < -0.4 is 10.5 Å². The number of amides is 1. The van der Waals surface area contributed by atoms with Gasteiger partial charge in [0.1, 0.15) is 11.3 Å². The smallest absolute Gasteiger partial charge is 0.293 e. The van der Waals surface area contributed by atoms with Gasteiger partial charge in [0.2, 0.25) is 0 Å². The molecule has 7 nitrogen and oxygen atoms in total. The lowest BCUT2D eigenvalue weighted by Crippen LogP contribution is -2.13. The quantitative estimate of drug-likeness (QED) is 0.720. The Morgan fingerprint density at radius 1 is 1.33 bits per heavy atom. The fourth-order valence-corrected chi connectivity index (χ4v) is 3.60. The number of nitrogens with zero attached hydrogens (tertiary/aromatic N) is 4. The molecule has 0 aromatic carbocycles. The predicted octanol–water partition coefficient (Wildman–Crippen LogP) is 2.16. The Morgan fingerprint density at radius 2 is 2.22 bits per heavy atom. The molecule has 1 aliphatic carbocycles. The average Bonchev–Trinajstić information content (AvgIpc) is 3.35. The number of hydrogen-bond acceptors (Lipinski definition) is 4. The summed E-state index contributed by atoms with van der Waals surface area (Å²) in [6.45, 7) is 0. The maximum absolute atomic E-state index is 10.7. The molecule has 3 aromatic heterocycles. The number of rotatable bonds is 4. The normalized spacial score (nSPS) is 19.0. The monoisotopic (exact) mass is 363 g/mol. The van der Waals surface area contributed by atoms with Gasteiger partial charge in [0.25, 0.3) is 5.91 Å². The van der Waals surface area contributed by atoms with Crippen LogP contribution in [0.2, 0.25) is 0 Å². The number of carbonyl (C=O) groups excluding carboxylic acids is 1. The Kier molecular flexibility index (Phi) is 4.55. The number of aryl methyl sites for hydroxylation is 1. The van der Waals surface area contributed by atoms with Crippen molar-refractivity contribution in [1.29, 1.82) is 0 Å². The van der Waals surface area contributed by atoms with Crippen LogP contribution in [0.1, 0.15) is 25.7 Å². The van der Waals surface area contributed by atoms with E-state index in [1.54, 1.807) is 10.9 Å². The SMILES string of the molecule is Cn1cc(-c2cc(O[C@@H]3CC[C@@H](CC#CC(N)=O)C3)c3ccnn3c2)cn1. The standard InChI is InChI=1S/C20H21N5O2/c1-24-12-16(11-23-24)15-10-19(18-7-8-22-25(18)13-15)27-17-6-5-14(9-17)3-2-4-20(21)26/h7-8,10-14,17H,3,5-6,9H2,1H3,(H2,21,26)/t14-,17-/m1/s1. The van der Waals surface area contributed by atoms with Crippen molar-refractivity contribution in [2.45, 2.75) is 31.8 Å². The summed E-state index contributed by atoms with van der Waals surface area (Å²) in [5.41, 5.74) is 8.04. The number of fused-ring (bicyclic) bond motifs is 1. The summed E-state index contributed by atoms with van der Waals surface area (Å²) < 4.78 is 9.96. The van der Waals surface area contributed by atoms with Gasteiger partial charge in [0, 0.05) is 37.0 Å². The van der Waals surface area contributed by atoms with Crippen LogP contribution in [0.25, 0.3) is 16.6 Å². The predicted molar refractivity (Wildman–Crippen MR) is 101 cm³/mol. The molecule has 1 amide bonds. The van der Waals surface area contributed by atoms with Crippen molar-refractivity contribution in [3.05, 3.63) is 36.9 Å². The van der Waals surface area contributed by atoms with E-state index in [1.807, 2.05) is 42.3 Å². The number of aromatic nitrogens is 4. The summed E-state index contributed by atoms with van der Waals surface area (Å²) in [4.78, 5) is 10.7. The highest BCUT2D eigenvalue weighted by Gasteiger charge is 2.26. The first-order valence-corrected chi connectivity index (χ1v) is 9.00. The summed E-state index contributed by atoms with van der Waals surface area (Å²) in [6.07, 6.45) is 11.3. The van der Waals surface area contributed by atoms with E-state index in [0.29, 0.717) is 12.3 Å². The molecule has 0 saturated heterocycles. The van der Waals surface area contributed by atoms with E-state index in [9.17, 15) is 4.79 Å². The molecule has 2 N–H and O–H groups in total. The van der Waals surface area contributed by atoms with Crippen molar-refractivity contribution in [3.63, 3.8) is 0 Å². The molecule has 1 fully saturated rings. The van der Waals surface area contributed by atoms with Gasteiger partial charge in [-0.3, -0.25) is 9.48 Å². The van der Waals surface area contributed by atoms with E-state index in [1.165, 1.54) is 0 Å². The van der Waals surface area contributed by atoms with E-state index >= 15 is 0 Å². The molecular formula is C20H21N5O2. The van der Waals surface area contributed by atoms with Crippen LogP contribution in [-0.2, 0) is 11.8 Å². The van der Waals surface area contributed by atoms with Crippen molar-refractivity contribution in [1.82, 2.24) is 19.4 Å². The second-order valence-corrected chi connectivity index (χ2v) is 6.95. The molecule has 0 radical (unpaired) electrons. The number of pyridine rings is 1. The van der Waals surface area contributed by atoms with Crippen molar-refractivity contribution < 1.29 is 9.53 Å². The zero-order valence-electron chi connectivity index (χ0n) is 15.1. The highest BCUT2D eigenvalue weighted by atomic mass is 16.5. The van der Waals surface area contributed by atoms with E-state index in [0.717, 1.165) is 41.7 Å². The Morgan fingerprint density at radius 3 is 3.00 bits per heavy atom. The van der Waals surface area contributed by atoms with Crippen molar-refractivity contribution in [3.8, 4) is 28.7 Å². The minimum atomic E-state index is -0.573. The molecule has 3 aromatic rings. The van der Waals surface area contributed by atoms with Gasteiger partial charge in [0.15, 0.2) is 0 Å². The van der Waals surface area contributed by atoms with Crippen LogP contribution in [-0.4, -0.2) is 31.4 Å². The molecule has 0 spiro atoms. The third-order valence-electron chi connectivity index (χ3n) is 4.90. The van der Waals surface area contributed by atoms with Crippen LogP contribution >= 0.6 is 0 Å². The summed E-state index contributed by atoms with van der Waals surface area (Å²) >= 11 is 0. The summed E-state index contributed by atoms with van der Waals surface area (Å²) in [5.74, 6) is 5.96. The highest BCUT2D eigenvalue weighted by Crippen LogP contribution is 2.34. The molecule has 1 saturated carbocycles. The molecule has 4 rings (SSSR count). The first kappa shape index (κ1) is 17.2. The number of hydrogen-bond donors (Lipinski definition) is 1. The maximum atomic E-state index is 10.7. The number of carbonyl (C=O) groups is 1. The summed E-state index contributed by atoms with van der Waals surface area (Å²) in [6, 6.07) is 4.00. The Labute approximate surface area is 157 Å². The molecule has 27 heavy (non-hydrogen) atoms. The summed E-state index contributed by atoms with van der Waals surface area (Å²) in [5, 5.41) is 8.61. The molecule has 7 heteroatoms. The van der Waals surface area contributed by atoms with Crippen LogP contribution in [0.3, 0.4) is 0 Å². The lowest BCUT2D eigenvalue weighted by Gasteiger charge is -2.16. The third-order valence-corrected chi connectivity index (χ3v) is 4.90. The zero-order chi connectivity index (χ0) is 18.8. The Hall–Kier alpha value is -3.27. The van der Waals surface area contributed by atoms with Crippen molar-refractivity contribution >= 4 is 11.4 Å². The minimum absolute atomic E-state index is 0.133. The van der Waals surface area contributed by atoms with Gasteiger partial charge >= 0.3 is 0 Å². The lowest BCUT2D eigenvalue weighted by atomic mass is 10.0. The summed E-state index contributed by atoms with van der Waals surface area (Å²) in [7, 11) is 1.90. The fourth-order valence-electron chi connectivity index (χ4n) is 3.60. The lowest BCUT2D eigenvalue weighted by molar-refractivity contribution is -0.112. The fraction of sp³-hybridized carbons (Fsp3) is 0.350. The van der Waals surface area contributed by atoms with E-state index in [4.69, 9.17) is 10.5 Å². The molecule has 0 aliphatic heterocycles. The molecule has 2 atom stereocenters. The molecule has 3 heterocycles. The van der Waals surface area contributed by atoms with E-state index in [-0.39, 0.29) is 6.10 Å². The minimum Gasteiger partial charge on any atom is -0.488 e. The largest absolute Gasteiger partial charge is 0.488 e. The van der Waals surface area contributed by atoms with Crippen molar-refractivity contribution in [2.24, 2.45) is 18.7 Å². The van der Waals surface area contributed by atoms with Crippen LogP contribution in [0.5, 0.6) is 5.75 Å². The third kappa shape index (κ3) is 3.80. The molecule has 0 bridgehead atoms. The van der Waals surface area contributed by atoms with Gasteiger partial charge in [-0.25, -0.2) is 4.52 Å². The van der Waals surface area contributed by atoms with Gasteiger partial charge in [-0.2, -0.15) is 10.2 Å². The second-order valence-electron chi connectivity index (χ2n) is 6.95. The van der Waals surface area contributed by atoms with Gasteiger partial charge in [-0.15, -0.1) is 0 Å².